The Labute approximate surface area is 186 Å². The molecule has 0 radical (unpaired) electrons. The summed E-state index contributed by atoms with van der Waals surface area (Å²) in [5.41, 5.74) is 0. The molecule has 0 fully saturated rings. The average Bonchev–Trinajstić information content (AvgIpc) is 2.71. The second-order valence-corrected chi connectivity index (χ2v) is 9.20. The molecule has 170 valence electrons. The number of rotatable bonds is 22. The van der Waals surface area contributed by atoms with Crippen LogP contribution in [0, 0.1) is 5.92 Å². The molecule has 0 aliphatic heterocycles. The topological polar surface area (TPSA) is 18.5 Å². The molecule has 28 heavy (non-hydrogen) atoms. The lowest BCUT2D eigenvalue weighted by molar-refractivity contribution is -0.274. The van der Waals surface area contributed by atoms with Gasteiger partial charge in [0.15, 0.2) is 5.79 Å². The molecule has 0 heterocycles. The Hall–Kier alpha value is 0.400. The molecular weight excluding hydrogens is 412 g/mol. The highest BCUT2D eigenvalue weighted by Crippen LogP contribution is 2.37. The number of hydrogen-bond acceptors (Lipinski definition) is 2. The monoisotopic (exact) mass is 462 g/mol. The first kappa shape index (κ1) is 28.4. The Bertz CT molecular complexity index is 301. The summed E-state index contributed by atoms with van der Waals surface area (Å²) >= 11 is 3.56. The Kier molecular flexibility index (Phi) is 21.0. The van der Waals surface area contributed by atoms with Crippen LogP contribution in [0.3, 0.4) is 0 Å². The van der Waals surface area contributed by atoms with Crippen LogP contribution in [0.4, 0.5) is 0 Å². The van der Waals surface area contributed by atoms with E-state index in [0.29, 0.717) is 5.92 Å². The maximum absolute atomic E-state index is 6.53. The van der Waals surface area contributed by atoms with E-state index < -0.39 is 0 Å². The zero-order chi connectivity index (χ0) is 20.9. The van der Waals surface area contributed by atoms with E-state index in [2.05, 4.69) is 43.6 Å². The van der Waals surface area contributed by atoms with Crippen molar-refractivity contribution in [1.82, 2.24) is 0 Å². The average molecular weight is 464 g/mol. The molecule has 1 atom stereocenters. The van der Waals surface area contributed by atoms with Crippen LogP contribution in [0.15, 0.2) is 0 Å². The Morgan fingerprint density at radius 1 is 0.607 bits per heavy atom. The lowest BCUT2D eigenvalue weighted by atomic mass is 9.84. The molecule has 1 unspecified atom stereocenters. The molecule has 0 rings (SSSR count). The molecule has 0 saturated heterocycles. The first-order chi connectivity index (χ1) is 13.7. The minimum atomic E-state index is -0.348. The summed E-state index contributed by atoms with van der Waals surface area (Å²) in [4.78, 5) is 0. The van der Waals surface area contributed by atoms with E-state index >= 15 is 0 Å². The van der Waals surface area contributed by atoms with E-state index in [-0.39, 0.29) is 5.79 Å². The van der Waals surface area contributed by atoms with Crippen LogP contribution in [0.1, 0.15) is 130 Å². The smallest absolute Gasteiger partial charge is 0.171 e. The lowest BCUT2D eigenvalue weighted by Crippen LogP contribution is -2.44. The molecule has 0 aromatic heterocycles. The van der Waals surface area contributed by atoms with Crippen LogP contribution in [-0.4, -0.2) is 24.3 Å². The van der Waals surface area contributed by atoms with Crippen LogP contribution in [0.2, 0.25) is 0 Å². The fourth-order valence-electron chi connectivity index (χ4n) is 4.12. The highest BCUT2D eigenvalue weighted by molar-refractivity contribution is 9.09. The molecule has 0 aromatic carbocycles. The van der Waals surface area contributed by atoms with Gasteiger partial charge in [-0.1, -0.05) is 108 Å². The van der Waals surface area contributed by atoms with Gasteiger partial charge in [-0.05, 0) is 32.1 Å². The lowest BCUT2D eigenvalue weighted by Gasteiger charge is -2.41. The van der Waals surface area contributed by atoms with Crippen LogP contribution < -0.4 is 0 Å². The minimum absolute atomic E-state index is 0.348. The van der Waals surface area contributed by atoms with Gasteiger partial charge in [0, 0.05) is 30.9 Å². The van der Waals surface area contributed by atoms with Gasteiger partial charge in [-0.2, -0.15) is 0 Å². The molecule has 0 amide bonds. The summed E-state index contributed by atoms with van der Waals surface area (Å²) < 4.78 is 13.1. The zero-order valence-electron chi connectivity index (χ0n) is 19.7. The Morgan fingerprint density at radius 3 is 1.57 bits per heavy atom. The summed E-state index contributed by atoms with van der Waals surface area (Å²) in [5.74, 6) is 0.195. The van der Waals surface area contributed by atoms with Gasteiger partial charge >= 0.3 is 0 Å². The van der Waals surface area contributed by atoms with Crippen molar-refractivity contribution >= 4 is 15.9 Å². The van der Waals surface area contributed by atoms with E-state index in [1.807, 2.05) is 0 Å². The summed E-state index contributed by atoms with van der Waals surface area (Å²) in [6.45, 7) is 10.6. The first-order valence-corrected chi connectivity index (χ1v) is 13.7. The van der Waals surface area contributed by atoms with Crippen molar-refractivity contribution in [2.24, 2.45) is 5.92 Å². The molecule has 2 nitrogen and oxygen atoms in total. The maximum Gasteiger partial charge on any atom is 0.171 e. The van der Waals surface area contributed by atoms with Crippen LogP contribution in [-0.2, 0) is 9.47 Å². The van der Waals surface area contributed by atoms with Crippen molar-refractivity contribution in [3.05, 3.63) is 0 Å². The third-order valence-electron chi connectivity index (χ3n) is 5.66. The molecular formula is C25H51BrO2. The van der Waals surface area contributed by atoms with Gasteiger partial charge in [0.1, 0.15) is 0 Å². The number of unbranched alkanes of at least 4 members (excludes halogenated alkanes) is 8. The maximum atomic E-state index is 6.53. The number of ether oxygens (including phenoxy) is 2. The van der Waals surface area contributed by atoms with Gasteiger partial charge in [-0.25, -0.2) is 0 Å². The molecule has 0 aliphatic rings. The third kappa shape index (κ3) is 13.6. The number of halogens is 1. The second kappa shape index (κ2) is 20.7. The van der Waals surface area contributed by atoms with Crippen molar-refractivity contribution in [2.75, 3.05) is 18.5 Å². The third-order valence-corrected chi connectivity index (χ3v) is 6.22. The summed E-state index contributed by atoms with van der Waals surface area (Å²) in [6, 6.07) is 0. The molecule has 3 heteroatoms. The van der Waals surface area contributed by atoms with Crippen LogP contribution in [0.5, 0.6) is 0 Å². The predicted octanol–water partition coefficient (Wildman–Crippen LogP) is 9.05. The molecule has 0 N–H and O–H groups in total. The van der Waals surface area contributed by atoms with Gasteiger partial charge in [-0.15, -0.1) is 0 Å². The van der Waals surface area contributed by atoms with Gasteiger partial charge in [-0.3, -0.25) is 0 Å². The standard InChI is InChI=1S/C25H51BrO2/c1-5-9-10-11-12-15-18-24(19-16-13-14-17-21-26)25(20-6-2,27-22-7-3)28-23-8-4/h24H,5-23H2,1-4H3. The van der Waals surface area contributed by atoms with Gasteiger partial charge in [0.25, 0.3) is 0 Å². The largest absolute Gasteiger partial charge is 0.350 e. The van der Waals surface area contributed by atoms with Gasteiger partial charge in [0.05, 0.1) is 0 Å². The SMILES string of the molecule is CCCCCCCCC(CCCCCCBr)C(CCC)(OCCC)OCCC. The molecule has 0 spiro atoms. The molecule has 0 saturated carbocycles. The Morgan fingerprint density at radius 2 is 1.11 bits per heavy atom. The van der Waals surface area contributed by atoms with E-state index in [4.69, 9.17) is 9.47 Å². The minimum Gasteiger partial charge on any atom is -0.350 e. The summed E-state index contributed by atoms with van der Waals surface area (Å²) in [6.07, 6.45) is 20.3. The van der Waals surface area contributed by atoms with Crippen LogP contribution in [0.25, 0.3) is 0 Å². The highest BCUT2D eigenvalue weighted by Gasteiger charge is 2.39. The van der Waals surface area contributed by atoms with Crippen molar-refractivity contribution in [3.8, 4) is 0 Å². The number of hydrogen-bond donors (Lipinski definition) is 0. The quantitative estimate of drug-likeness (QED) is 0.0906. The molecule has 0 aromatic rings. The Balaban J connectivity index is 4.95. The van der Waals surface area contributed by atoms with Gasteiger partial charge in [0.2, 0.25) is 0 Å². The fraction of sp³-hybridized carbons (Fsp3) is 1.00. The van der Waals surface area contributed by atoms with E-state index in [9.17, 15) is 0 Å². The van der Waals surface area contributed by atoms with E-state index in [1.165, 1.54) is 77.0 Å². The molecule has 0 bridgehead atoms. The van der Waals surface area contributed by atoms with E-state index in [0.717, 1.165) is 44.2 Å². The summed E-state index contributed by atoms with van der Waals surface area (Å²) in [7, 11) is 0. The van der Waals surface area contributed by atoms with Gasteiger partial charge < -0.3 is 9.47 Å². The zero-order valence-corrected chi connectivity index (χ0v) is 21.3. The van der Waals surface area contributed by atoms with Crippen molar-refractivity contribution in [1.29, 1.82) is 0 Å². The second-order valence-electron chi connectivity index (χ2n) is 8.40. The van der Waals surface area contributed by atoms with Crippen molar-refractivity contribution in [3.63, 3.8) is 0 Å². The normalized spacial score (nSPS) is 13.2. The first-order valence-electron chi connectivity index (χ1n) is 12.5. The van der Waals surface area contributed by atoms with Crippen LogP contribution >= 0.6 is 15.9 Å². The molecule has 0 aliphatic carbocycles. The fourth-order valence-corrected chi connectivity index (χ4v) is 4.51. The number of alkyl halides is 1. The summed E-state index contributed by atoms with van der Waals surface area (Å²) in [5, 5.41) is 1.13. The predicted molar refractivity (Wildman–Crippen MR) is 128 cm³/mol. The highest BCUT2D eigenvalue weighted by atomic mass is 79.9. The van der Waals surface area contributed by atoms with Crippen molar-refractivity contribution in [2.45, 2.75) is 136 Å². The van der Waals surface area contributed by atoms with Crippen molar-refractivity contribution < 1.29 is 9.47 Å². The van der Waals surface area contributed by atoms with E-state index in [1.54, 1.807) is 0 Å².